The number of methoxy groups -OCH3 is 1. The van der Waals surface area contributed by atoms with E-state index in [1.807, 2.05) is 31.2 Å². The molecule has 26 heavy (non-hydrogen) atoms. The molecule has 1 aromatic carbocycles. The number of rotatable bonds is 10. The second kappa shape index (κ2) is 9.67. The molecule has 0 bridgehead atoms. The predicted octanol–water partition coefficient (Wildman–Crippen LogP) is 5.07. The van der Waals surface area contributed by atoms with Crippen molar-refractivity contribution in [2.45, 2.75) is 65.5 Å². The fraction of sp³-hybridized carbons (Fsp3) is 0.667. The van der Waals surface area contributed by atoms with Crippen LogP contribution in [0.3, 0.4) is 0 Å². The molecule has 0 unspecified atom stereocenters. The van der Waals surface area contributed by atoms with E-state index in [1.165, 1.54) is 0 Å². The van der Waals surface area contributed by atoms with E-state index in [-0.39, 0.29) is 23.0 Å². The minimum absolute atomic E-state index is 0.109. The van der Waals surface area contributed by atoms with Crippen molar-refractivity contribution in [1.29, 1.82) is 0 Å². The quantitative estimate of drug-likeness (QED) is 0.420. The molecule has 0 radical (unpaired) electrons. The van der Waals surface area contributed by atoms with Gasteiger partial charge in [-0.15, -0.1) is 0 Å². The van der Waals surface area contributed by atoms with E-state index in [0.717, 1.165) is 17.6 Å². The van der Waals surface area contributed by atoms with Crippen molar-refractivity contribution in [1.82, 2.24) is 0 Å². The van der Waals surface area contributed by atoms with Crippen LogP contribution in [0.25, 0.3) is 0 Å². The van der Waals surface area contributed by atoms with Gasteiger partial charge in [-0.3, -0.25) is 0 Å². The molecule has 0 heterocycles. The lowest BCUT2D eigenvalue weighted by Gasteiger charge is -2.42. The first-order valence-electron chi connectivity index (χ1n) is 9.35. The van der Waals surface area contributed by atoms with Crippen LogP contribution >= 0.6 is 0 Å². The molecule has 1 rings (SSSR count). The molecule has 0 aliphatic heterocycles. The van der Waals surface area contributed by atoms with Crippen LogP contribution < -0.4 is 4.74 Å². The fourth-order valence-corrected chi connectivity index (χ4v) is 4.00. The first kappa shape index (κ1) is 22.9. The van der Waals surface area contributed by atoms with Gasteiger partial charge in [-0.05, 0) is 35.8 Å². The summed E-state index contributed by atoms with van der Waals surface area (Å²) in [7, 11) is -0.295. The molecule has 5 heteroatoms. The van der Waals surface area contributed by atoms with Crippen molar-refractivity contribution < 1.29 is 18.7 Å². The van der Waals surface area contributed by atoms with Gasteiger partial charge in [-0.2, -0.15) is 0 Å². The minimum atomic E-state index is -1.95. The molecule has 0 saturated carbocycles. The molecule has 0 fully saturated rings. The van der Waals surface area contributed by atoms with Crippen molar-refractivity contribution in [2.24, 2.45) is 11.8 Å². The van der Waals surface area contributed by atoms with Crippen LogP contribution in [0.2, 0.25) is 18.1 Å². The van der Waals surface area contributed by atoms with Gasteiger partial charge in [-0.25, -0.2) is 0 Å². The topological polar surface area (TPSA) is 44.8 Å². The molecule has 1 aromatic rings. The predicted molar refractivity (Wildman–Crippen MR) is 109 cm³/mol. The standard InChI is InChI=1S/C21H36O4Si/c1-16(13-22)20(25-26(7,8)21(3,4)5)17(2)14-24-15-18-9-11-19(23-6)12-10-18/h9-13,16-17,20H,14-15H2,1-8H3/t16-,17+,20+/m0/s1. The highest BCUT2D eigenvalue weighted by atomic mass is 28.4. The maximum atomic E-state index is 11.4. The average molecular weight is 381 g/mol. The number of ether oxygens (including phenoxy) is 2. The number of benzene rings is 1. The summed E-state index contributed by atoms with van der Waals surface area (Å²) in [6, 6.07) is 7.86. The second-order valence-corrected chi connectivity index (χ2v) is 13.4. The van der Waals surface area contributed by atoms with Crippen molar-refractivity contribution in [3.63, 3.8) is 0 Å². The van der Waals surface area contributed by atoms with Gasteiger partial charge in [0.25, 0.3) is 0 Å². The SMILES string of the molecule is COc1ccc(COC[C@@H](C)[C@H](O[Si](C)(C)C(C)(C)C)[C@@H](C)C=O)cc1. The van der Waals surface area contributed by atoms with Crippen LogP contribution in [-0.4, -0.2) is 34.4 Å². The zero-order chi connectivity index (χ0) is 20.0. The highest BCUT2D eigenvalue weighted by Crippen LogP contribution is 2.39. The lowest BCUT2D eigenvalue weighted by molar-refractivity contribution is -0.114. The Kier molecular flexibility index (Phi) is 8.51. The molecular formula is C21H36O4Si. The van der Waals surface area contributed by atoms with Crippen LogP contribution in [-0.2, 0) is 20.6 Å². The Balaban J connectivity index is 2.68. The van der Waals surface area contributed by atoms with Gasteiger partial charge in [0.05, 0.1) is 26.4 Å². The van der Waals surface area contributed by atoms with Gasteiger partial charge in [0.1, 0.15) is 12.0 Å². The maximum absolute atomic E-state index is 11.4. The largest absolute Gasteiger partial charge is 0.497 e. The second-order valence-electron chi connectivity index (χ2n) is 8.68. The van der Waals surface area contributed by atoms with Crippen LogP contribution in [0.4, 0.5) is 0 Å². The molecule has 0 saturated heterocycles. The Morgan fingerprint density at radius 2 is 1.69 bits per heavy atom. The fourth-order valence-electron chi connectivity index (χ4n) is 2.52. The number of hydrogen-bond acceptors (Lipinski definition) is 4. The number of aldehydes is 1. The first-order valence-corrected chi connectivity index (χ1v) is 12.3. The van der Waals surface area contributed by atoms with Crippen LogP contribution in [0.5, 0.6) is 5.75 Å². The Hall–Kier alpha value is -1.17. The van der Waals surface area contributed by atoms with E-state index in [4.69, 9.17) is 13.9 Å². The number of hydrogen-bond donors (Lipinski definition) is 0. The summed E-state index contributed by atoms with van der Waals surface area (Å²) >= 11 is 0. The van der Waals surface area contributed by atoms with Crippen LogP contribution in [0, 0.1) is 11.8 Å². The molecule has 0 aromatic heterocycles. The first-order chi connectivity index (χ1) is 12.0. The minimum Gasteiger partial charge on any atom is -0.497 e. The van der Waals surface area contributed by atoms with E-state index < -0.39 is 8.32 Å². The van der Waals surface area contributed by atoms with Crippen molar-refractivity contribution >= 4 is 14.6 Å². The van der Waals surface area contributed by atoms with Gasteiger partial charge in [-0.1, -0.05) is 46.8 Å². The summed E-state index contributed by atoms with van der Waals surface area (Å²) in [6.07, 6.45) is 0.877. The van der Waals surface area contributed by atoms with E-state index in [1.54, 1.807) is 7.11 Å². The third-order valence-corrected chi connectivity index (χ3v) is 9.81. The van der Waals surface area contributed by atoms with E-state index in [2.05, 4.69) is 40.8 Å². The molecule has 0 amide bonds. The van der Waals surface area contributed by atoms with E-state index in [9.17, 15) is 4.79 Å². The number of carbonyl (C=O) groups is 1. The van der Waals surface area contributed by atoms with Crippen LogP contribution in [0.15, 0.2) is 24.3 Å². The lowest BCUT2D eigenvalue weighted by atomic mass is 9.95. The Morgan fingerprint density at radius 1 is 1.12 bits per heavy atom. The molecule has 0 aliphatic rings. The summed E-state index contributed by atoms with van der Waals surface area (Å²) in [5.41, 5.74) is 1.10. The summed E-state index contributed by atoms with van der Waals surface area (Å²) < 4.78 is 17.6. The molecule has 0 spiro atoms. The monoisotopic (exact) mass is 380 g/mol. The molecular weight excluding hydrogens is 344 g/mol. The molecule has 0 aliphatic carbocycles. The van der Waals surface area contributed by atoms with Gasteiger partial charge in [0.15, 0.2) is 8.32 Å². The van der Waals surface area contributed by atoms with Gasteiger partial charge >= 0.3 is 0 Å². The maximum Gasteiger partial charge on any atom is 0.192 e. The zero-order valence-electron chi connectivity index (χ0n) is 17.7. The van der Waals surface area contributed by atoms with Crippen molar-refractivity contribution in [3.05, 3.63) is 29.8 Å². The molecule has 148 valence electrons. The summed E-state index contributed by atoms with van der Waals surface area (Å²) in [5.74, 6) is 0.830. The Labute approximate surface area is 160 Å². The van der Waals surface area contributed by atoms with Gasteiger partial charge in [0.2, 0.25) is 0 Å². The highest BCUT2D eigenvalue weighted by Gasteiger charge is 2.41. The molecule has 3 atom stereocenters. The lowest BCUT2D eigenvalue weighted by Crippen LogP contribution is -2.48. The smallest absolute Gasteiger partial charge is 0.192 e. The highest BCUT2D eigenvalue weighted by molar-refractivity contribution is 6.74. The van der Waals surface area contributed by atoms with Crippen LogP contribution in [0.1, 0.15) is 40.2 Å². The van der Waals surface area contributed by atoms with Crippen molar-refractivity contribution in [3.8, 4) is 5.75 Å². The molecule has 4 nitrogen and oxygen atoms in total. The van der Waals surface area contributed by atoms with Gasteiger partial charge in [0, 0.05) is 11.8 Å². The number of carbonyl (C=O) groups excluding carboxylic acids is 1. The van der Waals surface area contributed by atoms with E-state index >= 15 is 0 Å². The Morgan fingerprint density at radius 3 is 2.15 bits per heavy atom. The third kappa shape index (κ3) is 6.52. The van der Waals surface area contributed by atoms with Gasteiger partial charge < -0.3 is 18.7 Å². The summed E-state index contributed by atoms with van der Waals surface area (Å²) in [6.45, 7) is 16.2. The van der Waals surface area contributed by atoms with E-state index in [0.29, 0.717) is 13.2 Å². The summed E-state index contributed by atoms with van der Waals surface area (Å²) in [4.78, 5) is 11.4. The Bertz CT molecular complexity index is 548. The zero-order valence-corrected chi connectivity index (χ0v) is 18.7. The average Bonchev–Trinajstić information content (AvgIpc) is 2.58. The summed E-state index contributed by atoms with van der Waals surface area (Å²) in [5, 5.41) is 0.109. The molecule has 0 N–H and O–H groups in total. The normalized spacial score (nSPS) is 16.0. The third-order valence-electron chi connectivity index (χ3n) is 5.34. The van der Waals surface area contributed by atoms with Crippen molar-refractivity contribution in [2.75, 3.05) is 13.7 Å².